The van der Waals surface area contributed by atoms with Crippen molar-refractivity contribution in [3.8, 4) is 11.3 Å². The highest BCUT2D eigenvalue weighted by molar-refractivity contribution is 5.74. The van der Waals surface area contributed by atoms with Crippen molar-refractivity contribution in [1.82, 2.24) is 24.5 Å². The number of carbonyl (C=O) groups is 1. The summed E-state index contributed by atoms with van der Waals surface area (Å²) in [4.78, 5) is 14.0. The highest BCUT2D eigenvalue weighted by Gasteiger charge is 2.30. The molecule has 1 unspecified atom stereocenters. The predicted molar refractivity (Wildman–Crippen MR) is 117 cm³/mol. The largest absolute Gasteiger partial charge is 0.379 e. The zero-order valence-electron chi connectivity index (χ0n) is 18.0. The Morgan fingerprint density at radius 3 is 3.00 bits per heavy atom. The summed E-state index contributed by atoms with van der Waals surface area (Å²) in [6.07, 6.45) is 5.60. The van der Waals surface area contributed by atoms with Gasteiger partial charge < -0.3 is 15.0 Å². The lowest BCUT2D eigenvalue weighted by atomic mass is 9.99. The molecule has 0 aliphatic carbocycles. The fraction of sp³-hybridized carbons (Fsp3) is 0.435. The lowest BCUT2D eigenvalue weighted by Crippen LogP contribution is -2.35. The molecular formula is C23H28N6O2. The Balaban J connectivity index is 1.47. The summed E-state index contributed by atoms with van der Waals surface area (Å²) in [7, 11) is 1.91. The second-order valence-corrected chi connectivity index (χ2v) is 8.38. The molecule has 8 nitrogen and oxygen atoms in total. The Bertz CT molecular complexity index is 1100. The van der Waals surface area contributed by atoms with Gasteiger partial charge >= 0.3 is 0 Å². The van der Waals surface area contributed by atoms with E-state index in [-0.39, 0.29) is 11.9 Å². The topological polar surface area (TPSA) is 77.2 Å². The number of nitrogens with zero attached hydrogens (tertiary/aromatic N) is 5. The molecule has 1 N–H and O–H groups in total. The second-order valence-electron chi connectivity index (χ2n) is 8.38. The number of hydrogen-bond acceptors (Lipinski definition) is 5. The fourth-order valence-corrected chi connectivity index (χ4v) is 4.51. The first-order valence-corrected chi connectivity index (χ1v) is 10.8. The zero-order valence-corrected chi connectivity index (χ0v) is 18.0. The van der Waals surface area contributed by atoms with Gasteiger partial charge in [-0.15, -0.1) is 0 Å². The van der Waals surface area contributed by atoms with Gasteiger partial charge in [-0.05, 0) is 18.1 Å². The lowest BCUT2D eigenvalue weighted by molar-refractivity contribution is -0.129. The number of amides is 1. The van der Waals surface area contributed by atoms with E-state index < -0.39 is 0 Å². The lowest BCUT2D eigenvalue weighted by Gasteiger charge is -2.27. The molecule has 0 spiro atoms. The third-order valence-electron chi connectivity index (χ3n) is 6.18. The molecule has 31 heavy (non-hydrogen) atoms. The van der Waals surface area contributed by atoms with Crippen molar-refractivity contribution in [2.45, 2.75) is 38.9 Å². The van der Waals surface area contributed by atoms with E-state index in [1.807, 2.05) is 24.3 Å². The quantitative estimate of drug-likeness (QED) is 0.687. The monoisotopic (exact) mass is 420 g/mol. The Hall–Kier alpha value is -3.13. The summed E-state index contributed by atoms with van der Waals surface area (Å²) in [5.41, 5.74) is 6.66. The van der Waals surface area contributed by atoms with E-state index in [1.54, 1.807) is 11.6 Å². The second kappa shape index (κ2) is 8.19. The first-order chi connectivity index (χ1) is 15.1. The summed E-state index contributed by atoms with van der Waals surface area (Å²) in [6.45, 7) is 5.20. The minimum absolute atomic E-state index is 0.114. The van der Waals surface area contributed by atoms with Gasteiger partial charge in [0.25, 0.3) is 0 Å². The molecule has 1 fully saturated rings. The van der Waals surface area contributed by atoms with E-state index >= 15 is 0 Å². The fourth-order valence-electron chi connectivity index (χ4n) is 4.51. The van der Waals surface area contributed by atoms with Gasteiger partial charge in [0.05, 0.1) is 30.2 Å². The molecule has 0 bridgehead atoms. The summed E-state index contributed by atoms with van der Waals surface area (Å²) < 4.78 is 9.59. The van der Waals surface area contributed by atoms with Crippen LogP contribution in [0.3, 0.4) is 0 Å². The molecule has 1 amide bonds. The number of nitrogens with one attached hydrogen (secondary N) is 1. The average Bonchev–Trinajstić information content (AvgIpc) is 3.51. The minimum atomic E-state index is 0.114. The normalized spacial score (nSPS) is 18.3. The molecule has 4 heterocycles. The Morgan fingerprint density at radius 2 is 2.26 bits per heavy atom. The number of carbonyl (C=O) groups excluding carboxylic acids is 1. The van der Waals surface area contributed by atoms with E-state index in [0.717, 1.165) is 42.9 Å². The van der Waals surface area contributed by atoms with Crippen LogP contribution in [0.4, 0.5) is 5.69 Å². The van der Waals surface area contributed by atoms with Crippen LogP contribution in [-0.4, -0.2) is 50.1 Å². The molecule has 1 saturated heterocycles. The molecule has 8 heteroatoms. The molecule has 0 saturated carbocycles. The molecule has 1 atom stereocenters. The van der Waals surface area contributed by atoms with Crippen LogP contribution in [0.25, 0.3) is 11.3 Å². The van der Waals surface area contributed by atoms with Gasteiger partial charge in [0.15, 0.2) is 0 Å². The van der Waals surface area contributed by atoms with E-state index in [0.29, 0.717) is 19.7 Å². The van der Waals surface area contributed by atoms with Gasteiger partial charge in [-0.1, -0.05) is 18.2 Å². The van der Waals surface area contributed by atoms with Crippen molar-refractivity contribution < 1.29 is 9.53 Å². The van der Waals surface area contributed by atoms with Gasteiger partial charge in [-0.25, -0.2) is 0 Å². The van der Waals surface area contributed by atoms with E-state index in [1.165, 1.54) is 16.8 Å². The number of benzene rings is 1. The summed E-state index contributed by atoms with van der Waals surface area (Å²) in [5, 5.41) is 12.7. The van der Waals surface area contributed by atoms with Crippen molar-refractivity contribution in [1.29, 1.82) is 0 Å². The number of aryl methyl sites for hydroxylation is 1. The van der Waals surface area contributed by atoms with Gasteiger partial charge in [0.1, 0.15) is 0 Å². The van der Waals surface area contributed by atoms with Crippen molar-refractivity contribution in [3.05, 3.63) is 53.5 Å². The Kier molecular flexibility index (Phi) is 5.23. The summed E-state index contributed by atoms with van der Waals surface area (Å²) in [5.74, 6) is 0.114. The maximum Gasteiger partial charge on any atom is 0.219 e. The summed E-state index contributed by atoms with van der Waals surface area (Å²) in [6, 6.07) is 8.77. The highest BCUT2D eigenvalue weighted by Crippen LogP contribution is 2.34. The maximum atomic E-state index is 12.1. The van der Waals surface area contributed by atoms with Crippen LogP contribution >= 0.6 is 0 Å². The van der Waals surface area contributed by atoms with Crippen molar-refractivity contribution in [3.63, 3.8) is 0 Å². The Morgan fingerprint density at radius 1 is 1.35 bits per heavy atom. The standard InChI is InChI=1S/C23H28N6O2/c1-16(30)28-8-6-22-21(14-28)23(26-29(22)20-7-9-31-15-20)18-5-3-4-17(10-18)11-24-19-12-25-27(2)13-19/h3-5,10,12-13,20,24H,6-9,11,14-15H2,1-2H3. The number of rotatable bonds is 5. The van der Waals surface area contributed by atoms with E-state index in [9.17, 15) is 4.79 Å². The van der Waals surface area contributed by atoms with Crippen LogP contribution in [0.1, 0.15) is 36.2 Å². The van der Waals surface area contributed by atoms with E-state index in [2.05, 4.69) is 39.4 Å². The smallest absolute Gasteiger partial charge is 0.219 e. The van der Waals surface area contributed by atoms with Gasteiger partial charge in [0, 0.05) is 69.7 Å². The molecule has 3 aromatic rings. The average molecular weight is 421 g/mol. The summed E-state index contributed by atoms with van der Waals surface area (Å²) >= 11 is 0. The Labute approximate surface area is 181 Å². The van der Waals surface area contributed by atoms with Crippen molar-refractivity contribution in [2.24, 2.45) is 7.05 Å². The van der Waals surface area contributed by atoms with Crippen LogP contribution < -0.4 is 5.32 Å². The van der Waals surface area contributed by atoms with Crippen LogP contribution in [0, 0.1) is 0 Å². The number of anilines is 1. The third-order valence-corrected chi connectivity index (χ3v) is 6.18. The van der Waals surface area contributed by atoms with Crippen LogP contribution in [-0.2, 0) is 36.1 Å². The molecule has 2 aromatic heterocycles. The third kappa shape index (κ3) is 3.95. The van der Waals surface area contributed by atoms with Crippen molar-refractivity contribution >= 4 is 11.6 Å². The molecular weight excluding hydrogens is 392 g/mol. The number of ether oxygens (including phenoxy) is 1. The zero-order chi connectivity index (χ0) is 21.4. The first kappa shape index (κ1) is 19.8. The van der Waals surface area contributed by atoms with Crippen LogP contribution in [0.15, 0.2) is 36.7 Å². The van der Waals surface area contributed by atoms with Gasteiger partial charge in [-0.2, -0.15) is 10.2 Å². The molecule has 0 radical (unpaired) electrons. The minimum Gasteiger partial charge on any atom is -0.379 e. The van der Waals surface area contributed by atoms with Crippen molar-refractivity contribution in [2.75, 3.05) is 25.1 Å². The van der Waals surface area contributed by atoms with Gasteiger partial charge in [0.2, 0.25) is 5.91 Å². The number of fused-ring (bicyclic) bond motifs is 1. The molecule has 1 aromatic carbocycles. The molecule has 2 aliphatic heterocycles. The van der Waals surface area contributed by atoms with Gasteiger partial charge in [-0.3, -0.25) is 14.2 Å². The number of hydrogen-bond donors (Lipinski definition) is 1. The first-order valence-electron chi connectivity index (χ1n) is 10.8. The molecule has 2 aliphatic rings. The highest BCUT2D eigenvalue weighted by atomic mass is 16.5. The van der Waals surface area contributed by atoms with E-state index in [4.69, 9.17) is 9.84 Å². The molecule has 5 rings (SSSR count). The number of aromatic nitrogens is 4. The maximum absolute atomic E-state index is 12.1. The molecule has 162 valence electrons. The predicted octanol–water partition coefficient (Wildman–Crippen LogP) is 2.76. The van der Waals surface area contributed by atoms with Crippen LogP contribution in [0.5, 0.6) is 0 Å². The SMILES string of the molecule is CC(=O)N1CCc2c(c(-c3cccc(CNc4cnn(C)c4)c3)nn2C2CCOC2)C1. The van der Waals surface area contributed by atoms with Crippen LogP contribution in [0.2, 0.25) is 0 Å².